The molecule has 0 radical (unpaired) electrons. The van der Waals surface area contributed by atoms with Crippen molar-refractivity contribution in [3.63, 3.8) is 0 Å². The Bertz CT molecular complexity index is 883. The Morgan fingerprint density at radius 2 is 1.69 bits per heavy atom. The highest BCUT2D eigenvalue weighted by atomic mass is 19.4. The lowest BCUT2D eigenvalue weighted by molar-refractivity contribution is -0.137. The minimum Gasteiger partial charge on any atom is -0.508 e. The van der Waals surface area contributed by atoms with Crippen molar-refractivity contribution in [2.75, 3.05) is 0 Å². The van der Waals surface area contributed by atoms with E-state index in [0.29, 0.717) is 17.2 Å². The number of phenols is 1. The lowest BCUT2D eigenvalue weighted by Gasteiger charge is -2.09. The highest BCUT2D eigenvalue weighted by Crippen LogP contribution is 2.33. The van der Waals surface area contributed by atoms with Crippen molar-refractivity contribution in [3.05, 3.63) is 64.2 Å². The van der Waals surface area contributed by atoms with E-state index in [1.807, 2.05) is 0 Å². The first-order chi connectivity index (χ1) is 12.3. The van der Waals surface area contributed by atoms with Crippen LogP contribution in [0.5, 0.6) is 5.75 Å². The van der Waals surface area contributed by atoms with Gasteiger partial charge in [-0.3, -0.25) is 0 Å². The molecule has 0 saturated heterocycles. The molecule has 0 atom stereocenters. The number of aromatic hydroxyl groups is 1. The Balaban J connectivity index is 2.43. The minimum absolute atomic E-state index is 0.195. The number of aryl methyl sites for hydroxylation is 1. The van der Waals surface area contributed by atoms with Crippen molar-refractivity contribution in [2.45, 2.75) is 38.8 Å². The Labute approximate surface area is 150 Å². The first-order valence-corrected chi connectivity index (χ1v) is 8.30. The molecule has 26 heavy (non-hydrogen) atoms. The fourth-order valence-corrected chi connectivity index (χ4v) is 2.57. The number of unbranched alkanes of at least 4 members (excludes halogenated alkanes) is 2. The molecule has 2 aromatic rings. The number of nitrogens with zero attached hydrogens (tertiary/aromatic N) is 1. The molecule has 2 nitrogen and oxygen atoms in total. The topological polar surface area (TPSA) is 44.0 Å². The molecule has 0 aliphatic rings. The summed E-state index contributed by atoms with van der Waals surface area (Å²) in [7, 11) is 0. The maximum Gasteiger partial charge on any atom is 0.417 e. The smallest absolute Gasteiger partial charge is 0.417 e. The van der Waals surface area contributed by atoms with Crippen LogP contribution in [0.15, 0.2) is 36.4 Å². The maximum atomic E-state index is 13.1. The summed E-state index contributed by atoms with van der Waals surface area (Å²) < 4.78 is 39.4. The van der Waals surface area contributed by atoms with Gasteiger partial charge >= 0.3 is 6.18 Å². The van der Waals surface area contributed by atoms with E-state index in [4.69, 9.17) is 5.26 Å². The second kappa shape index (κ2) is 8.45. The first-order valence-electron chi connectivity index (χ1n) is 8.30. The summed E-state index contributed by atoms with van der Waals surface area (Å²) in [6.45, 7) is 2.08. The third-order valence-electron chi connectivity index (χ3n) is 3.92. The zero-order chi connectivity index (χ0) is 19.2. The number of rotatable bonds is 4. The molecule has 5 heteroatoms. The lowest BCUT2D eigenvalue weighted by atomic mass is 9.98. The van der Waals surface area contributed by atoms with Crippen LogP contribution in [0.25, 0.3) is 0 Å². The number of hydrogen-bond donors (Lipinski definition) is 1. The Morgan fingerprint density at radius 1 is 1.00 bits per heavy atom. The van der Waals surface area contributed by atoms with Gasteiger partial charge in [-0.15, -0.1) is 0 Å². The standard InChI is InChI=1S/C21H18F3NO/c1-2-3-4-5-18-12-15(14-25)6-7-16(18)8-9-17-10-11-19(26)13-20(17)21(22,23)24/h6-7,10-13,26H,2-5H2,1H3. The third kappa shape index (κ3) is 5.04. The number of halogens is 3. The van der Waals surface area contributed by atoms with Gasteiger partial charge in [-0.25, -0.2) is 0 Å². The van der Waals surface area contributed by atoms with Gasteiger partial charge in [0.2, 0.25) is 0 Å². The Hall–Kier alpha value is -2.92. The van der Waals surface area contributed by atoms with Gasteiger partial charge in [-0.05, 0) is 54.8 Å². The van der Waals surface area contributed by atoms with E-state index in [1.165, 1.54) is 6.07 Å². The average Bonchev–Trinajstić information content (AvgIpc) is 2.60. The molecule has 0 aliphatic carbocycles. The van der Waals surface area contributed by atoms with Gasteiger partial charge < -0.3 is 5.11 Å². The van der Waals surface area contributed by atoms with Crippen LogP contribution in [0, 0.1) is 23.2 Å². The SMILES string of the molecule is CCCCCc1cc(C#N)ccc1C#Cc1ccc(O)cc1C(F)(F)F. The van der Waals surface area contributed by atoms with Crippen LogP contribution >= 0.6 is 0 Å². The lowest BCUT2D eigenvalue weighted by Crippen LogP contribution is -2.07. The molecular formula is C21H18F3NO. The number of hydrogen-bond acceptors (Lipinski definition) is 2. The van der Waals surface area contributed by atoms with Crippen LogP contribution in [0.2, 0.25) is 0 Å². The van der Waals surface area contributed by atoms with Gasteiger partial charge in [0, 0.05) is 11.1 Å². The van der Waals surface area contributed by atoms with Gasteiger partial charge in [-0.2, -0.15) is 18.4 Å². The number of alkyl halides is 3. The number of nitriles is 1. The quantitative estimate of drug-likeness (QED) is 0.587. The fourth-order valence-electron chi connectivity index (χ4n) is 2.57. The van der Waals surface area contributed by atoms with Gasteiger partial charge in [-0.1, -0.05) is 31.6 Å². The van der Waals surface area contributed by atoms with Gasteiger partial charge in [0.1, 0.15) is 5.75 Å². The minimum atomic E-state index is -4.60. The molecule has 1 N–H and O–H groups in total. The second-order valence-electron chi connectivity index (χ2n) is 5.92. The van der Waals surface area contributed by atoms with E-state index < -0.39 is 17.5 Å². The molecule has 0 aromatic heterocycles. The molecule has 134 valence electrons. The van der Waals surface area contributed by atoms with Crippen LogP contribution in [-0.2, 0) is 12.6 Å². The molecule has 0 aliphatic heterocycles. The molecule has 0 amide bonds. The molecule has 2 rings (SSSR count). The van der Waals surface area contributed by atoms with Crippen LogP contribution < -0.4 is 0 Å². The molecule has 0 unspecified atom stereocenters. The van der Waals surface area contributed by atoms with E-state index in [-0.39, 0.29) is 5.56 Å². The Kier molecular flexibility index (Phi) is 6.31. The Morgan fingerprint density at radius 3 is 2.35 bits per heavy atom. The predicted molar refractivity (Wildman–Crippen MR) is 93.5 cm³/mol. The molecule has 0 bridgehead atoms. The van der Waals surface area contributed by atoms with Crippen LogP contribution in [0.3, 0.4) is 0 Å². The normalized spacial score (nSPS) is 10.7. The van der Waals surface area contributed by atoms with Crippen molar-refractivity contribution < 1.29 is 18.3 Å². The zero-order valence-corrected chi connectivity index (χ0v) is 14.3. The zero-order valence-electron chi connectivity index (χ0n) is 14.3. The monoisotopic (exact) mass is 357 g/mol. The van der Waals surface area contributed by atoms with E-state index in [2.05, 4.69) is 24.8 Å². The van der Waals surface area contributed by atoms with Crippen molar-refractivity contribution in [3.8, 4) is 23.7 Å². The molecule has 0 spiro atoms. The molecule has 0 fully saturated rings. The average molecular weight is 357 g/mol. The fraction of sp³-hybridized carbons (Fsp3) is 0.286. The first kappa shape index (κ1) is 19.4. The van der Waals surface area contributed by atoms with Crippen LogP contribution in [-0.4, -0.2) is 5.11 Å². The summed E-state index contributed by atoms with van der Waals surface area (Å²) in [6.07, 6.45) is -0.888. The van der Waals surface area contributed by atoms with E-state index >= 15 is 0 Å². The van der Waals surface area contributed by atoms with Gasteiger partial charge in [0.05, 0.1) is 17.2 Å². The molecule has 2 aromatic carbocycles. The van der Waals surface area contributed by atoms with Crippen LogP contribution in [0.1, 0.15) is 54.0 Å². The summed E-state index contributed by atoms with van der Waals surface area (Å²) in [5, 5.41) is 18.4. The summed E-state index contributed by atoms with van der Waals surface area (Å²) in [5.74, 6) is 4.91. The van der Waals surface area contributed by atoms with Crippen molar-refractivity contribution in [1.29, 1.82) is 5.26 Å². The molecular weight excluding hydrogens is 339 g/mol. The van der Waals surface area contributed by atoms with Gasteiger partial charge in [0.25, 0.3) is 0 Å². The van der Waals surface area contributed by atoms with Crippen molar-refractivity contribution in [2.24, 2.45) is 0 Å². The highest BCUT2D eigenvalue weighted by Gasteiger charge is 2.33. The van der Waals surface area contributed by atoms with Crippen molar-refractivity contribution >= 4 is 0 Å². The number of benzene rings is 2. The van der Waals surface area contributed by atoms with Gasteiger partial charge in [0.15, 0.2) is 0 Å². The van der Waals surface area contributed by atoms with Crippen LogP contribution in [0.4, 0.5) is 13.2 Å². The summed E-state index contributed by atoms with van der Waals surface area (Å²) >= 11 is 0. The van der Waals surface area contributed by atoms with Crippen molar-refractivity contribution in [1.82, 2.24) is 0 Å². The number of phenolic OH excluding ortho intramolecular Hbond substituents is 1. The largest absolute Gasteiger partial charge is 0.508 e. The molecule has 0 saturated carbocycles. The van der Waals surface area contributed by atoms with E-state index in [1.54, 1.807) is 18.2 Å². The molecule has 0 heterocycles. The maximum absolute atomic E-state index is 13.1. The third-order valence-corrected chi connectivity index (χ3v) is 3.92. The summed E-state index contributed by atoms with van der Waals surface area (Å²) in [4.78, 5) is 0. The summed E-state index contributed by atoms with van der Waals surface area (Å²) in [5.41, 5.74) is 0.812. The highest BCUT2D eigenvalue weighted by molar-refractivity contribution is 5.53. The second-order valence-corrected chi connectivity index (χ2v) is 5.92. The van der Waals surface area contributed by atoms with E-state index in [9.17, 15) is 18.3 Å². The summed E-state index contributed by atoms with van der Waals surface area (Å²) in [6, 6.07) is 10.1. The van der Waals surface area contributed by atoms with E-state index in [0.717, 1.165) is 37.3 Å². The predicted octanol–water partition coefficient (Wildman–Crippen LogP) is 5.42.